The number of para-hydroxylation sites is 2. The van der Waals surface area contributed by atoms with Gasteiger partial charge in [-0.15, -0.1) is 0 Å². The van der Waals surface area contributed by atoms with Crippen LogP contribution in [0.15, 0.2) is 59.6 Å². The van der Waals surface area contributed by atoms with Gasteiger partial charge in [-0.05, 0) is 30.2 Å². The Kier molecular flexibility index (Phi) is 3.63. The van der Waals surface area contributed by atoms with Gasteiger partial charge in [0.2, 0.25) is 12.0 Å². The minimum absolute atomic E-state index is 0.0288. The third kappa shape index (κ3) is 2.49. The second-order valence-corrected chi connectivity index (χ2v) is 4.97. The number of carbonyl (C=O) groups excluding carboxylic acids is 2. The molecule has 0 saturated carbocycles. The van der Waals surface area contributed by atoms with Gasteiger partial charge in [0.15, 0.2) is 0 Å². The Morgan fingerprint density at radius 3 is 2.57 bits per heavy atom. The summed E-state index contributed by atoms with van der Waals surface area (Å²) in [6, 6.07) is 17.4. The number of aliphatic imine (C=N–C) groups is 1. The fourth-order valence-corrected chi connectivity index (χ4v) is 2.69. The Hall–Kier alpha value is -2.71. The molecule has 1 atom stereocenters. The highest BCUT2D eigenvalue weighted by Crippen LogP contribution is 2.36. The molecule has 1 unspecified atom stereocenters. The number of nitrogens with zero attached hydrogens (tertiary/aromatic N) is 2. The SMILES string of the molecule is O=C=NCC1Cc2ccccc2N(c2ccccc2)C1=O. The molecule has 0 aromatic heterocycles. The maximum atomic E-state index is 12.7. The lowest BCUT2D eigenvalue weighted by molar-refractivity contribution is -0.121. The summed E-state index contributed by atoms with van der Waals surface area (Å²) in [5, 5.41) is 0. The van der Waals surface area contributed by atoms with Gasteiger partial charge in [0, 0.05) is 5.69 Å². The molecule has 0 aliphatic carbocycles. The van der Waals surface area contributed by atoms with Gasteiger partial charge in [0.25, 0.3) is 0 Å². The molecule has 0 radical (unpaired) electrons. The zero-order valence-corrected chi connectivity index (χ0v) is 11.4. The van der Waals surface area contributed by atoms with E-state index in [0.717, 1.165) is 16.9 Å². The summed E-state index contributed by atoms with van der Waals surface area (Å²) in [6.07, 6.45) is 2.12. The van der Waals surface area contributed by atoms with Gasteiger partial charge in [-0.2, -0.15) is 0 Å². The van der Waals surface area contributed by atoms with Crippen LogP contribution in [-0.2, 0) is 16.0 Å². The van der Waals surface area contributed by atoms with Crippen LogP contribution in [0.2, 0.25) is 0 Å². The van der Waals surface area contributed by atoms with Crippen molar-refractivity contribution >= 4 is 23.4 Å². The van der Waals surface area contributed by atoms with E-state index in [1.165, 1.54) is 6.08 Å². The number of amides is 1. The summed E-state index contributed by atoms with van der Waals surface area (Å²) in [5.41, 5.74) is 2.82. The van der Waals surface area contributed by atoms with Gasteiger partial charge in [0.05, 0.1) is 18.2 Å². The van der Waals surface area contributed by atoms with Crippen LogP contribution in [-0.4, -0.2) is 18.5 Å². The van der Waals surface area contributed by atoms with Gasteiger partial charge in [-0.3, -0.25) is 9.69 Å². The molecule has 0 N–H and O–H groups in total. The molecule has 0 fully saturated rings. The summed E-state index contributed by atoms with van der Waals surface area (Å²) in [7, 11) is 0. The lowest BCUT2D eigenvalue weighted by Gasteiger charge is -2.33. The van der Waals surface area contributed by atoms with Gasteiger partial charge < -0.3 is 0 Å². The quantitative estimate of drug-likeness (QED) is 0.640. The van der Waals surface area contributed by atoms with Crippen molar-refractivity contribution in [3.8, 4) is 0 Å². The predicted octanol–water partition coefficient (Wildman–Crippen LogP) is 2.86. The van der Waals surface area contributed by atoms with E-state index in [-0.39, 0.29) is 18.4 Å². The highest BCUT2D eigenvalue weighted by Gasteiger charge is 2.33. The van der Waals surface area contributed by atoms with Crippen molar-refractivity contribution in [2.45, 2.75) is 6.42 Å². The molecule has 1 amide bonds. The Balaban J connectivity index is 2.07. The maximum absolute atomic E-state index is 12.7. The van der Waals surface area contributed by atoms with Crippen LogP contribution in [0.25, 0.3) is 0 Å². The molecule has 1 aliphatic heterocycles. The van der Waals surface area contributed by atoms with Crippen molar-refractivity contribution in [1.82, 2.24) is 0 Å². The number of isocyanates is 1. The first-order chi connectivity index (χ1) is 10.3. The molecule has 0 bridgehead atoms. The van der Waals surface area contributed by atoms with E-state index in [2.05, 4.69) is 4.99 Å². The zero-order valence-electron chi connectivity index (χ0n) is 11.4. The summed E-state index contributed by atoms with van der Waals surface area (Å²) in [6.45, 7) is 0.181. The topological polar surface area (TPSA) is 49.7 Å². The molecule has 104 valence electrons. The average molecular weight is 278 g/mol. The summed E-state index contributed by atoms with van der Waals surface area (Å²) in [4.78, 5) is 28.4. The first-order valence-electron chi connectivity index (χ1n) is 6.82. The molecule has 1 aliphatic rings. The molecule has 3 rings (SSSR count). The zero-order chi connectivity index (χ0) is 14.7. The van der Waals surface area contributed by atoms with Crippen molar-refractivity contribution in [1.29, 1.82) is 0 Å². The van der Waals surface area contributed by atoms with Crippen LogP contribution in [0.3, 0.4) is 0 Å². The summed E-state index contributed by atoms with van der Waals surface area (Å²) >= 11 is 0. The van der Waals surface area contributed by atoms with E-state index >= 15 is 0 Å². The van der Waals surface area contributed by atoms with Gasteiger partial charge >= 0.3 is 0 Å². The van der Waals surface area contributed by atoms with Crippen LogP contribution in [0.4, 0.5) is 11.4 Å². The minimum atomic E-state index is -0.318. The van der Waals surface area contributed by atoms with Gasteiger partial charge in [0.1, 0.15) is 0 Å². The van der Waals surface area contributed by atoms with Gasteiger partial charge in [-0.25, -0.2) is 9.79 Å². The molecular weight excluding hydrogens is 264 g/mol. The largest absolute Gasteiger partial charge is 0.280 e. The van der Waals surface area contributed by atoms with Crippen LogP contribution < -0.4 is 4.90 Å². The number of hydrogen-bond acceptors (Lipinski definition) is 3. The second-order valence-electron chi connectivity index (χ2n) is 4.97. The predicted molar refractivity (Wildman–Crippen MR) is 80.2 cm³/mol. The second kappa shape index (κ2) is 5.73. The third-order valence-corrected chi connectivity index (χ3v) is 3.66. The minimum Gasteiger partial charge on any atom is -0.280 e. The molecule has 2 aromatic carbocycles. The molecule has 0 spiro atoms. The smallest absolute Gasteiger partial charge is 0.236 e. The first-order valence-corrected chi connectivity index (χ1v) is 6.82. The van der Waals surface area contributed by atoms with E-state index < -0.39 is 0 Å². The number of hydrogen-bond donors (Lipinski definition) is 0. The number of fused-ring (bicyclic) bond motifs is 1. The summed E-state index contributed by atoms with van der Waals surface area (Å²) < 4.78 is 0. The maximum Gasteiger partial charge on any atom is 0.236 e. The fourth-order valence-electron chi connectivity index (χ4n) is 2.69. The Morgan fingerprint density at radius 1 is 1.10 bits per heavy atom. The van der Waals surface area contributed by atoms with E-state index in [1.54, 1.807) is 4.90 Å². The van der Waals surface area contributed by atoms with Gasteiger partial charge in [-0.1, -0.05) is 36.4 Å². The number of benzene rings is 2. The van der Waals surface area contributed by atoms with E-state index in [1.807, 2.05) is 54.6 Å². The third-order valence-electron chi connectivity index (χ3n) is 3.66. The van der Waals surface area contributed by atoms with Crippen molar-refractivity contribution < 1.29 is 9.59 Å². The highest BCUT2D eigenvalue weighted by molar-refractivity contribution is 6.04. The van der Waals surface area contributed by atoms with Crippen molar-refractivity contribution in [2.24, 2.45) is 10.9 Å². The van der Waals surface area contributed by atoms with Crippen molar-refractivity contribution in [3.63, 3.8) is 0 Å². The molecule has 2 aromatic rings. The Morgan fingerprint density at radius 2 is 1.81 bits per heavy atom. The number of carbonyl (C=O) groups is 1. The number of rotatable bonds is 3. The van der Waals surface area contributed by atoms with Crippen LogP contribution in [0.5, 0.6) is 0 Å². The molecule has 4 heteroatoms. The highest BCUT2D eigenvalue weighted by atomic mass is 16.2. The van der Waals surface area contributed by atoms with Crippen molar-refractivity contribution in [2.75, 3.05) is 11.4 Å². The average Bonchev–Trinajstić information content (AvgIpc) is 2.54. The standard InChI is InChI=1S/C17H14N2O2/c20-12-18-11-14-10-13-6-4-5-9-16(13)19(17(14)21)15-7-2-1-3-8-15/h1-9,14H,10-11H2. The van der Waals surface area contributed by atoms with E-state index in [0.29, 0.717) is 6.42 Å². The van der Waals surface area contributed by atoms with Crippen LogP contribution >= 0.6 is 0 Å². The van der Waals surface area contributed by atoms with Crippen LogP contribution in [0, 0.1) is 5.92 Å². The van der Waals surface area contributed by atoms with Crippen molar-refractivity contribution in [3.05, 3.63) is 60.2 Å². The van der Waals surface area contributed by atoms with Crippen LogP contribution in [0.1, 0.15) is 5.56 Å². The lowest BCUT2D eigenvalue weighted by atomic mass is 9.91. The Labute approximate surface area is 122 Å². The molecular formula is C17H14N2O2. The molecule has 4 nitrogen and oxygen atoms in total. The molecule has 1 heterocycles. The lowest BCUT2D eigenvalue weighted by Crippen LogP contribution is -2.39. The summed E-state index contributed by atoms with van der Waals surface area (Å²) in [5.74, 6) is -0.347. The normalized spacial score (nSPS) is 17.0. The van der Waals surface area contributed by atoms with E-state index in [4.69, 9.17) is 0 Å². The molecule has 0 saturated heterocycles. The monoisotopic (exact) mass is 278 g/mol. The fraction of sp³-hybridized carbons (Fsp3) is 0.176. The molecule has 21 heavy (non-hydrogen) atoms. The van der Waals surface area contributed by atoms with E-state index in [9.17, 15) is 9.59 Å². The first kappa shape index (κ1) is 13.3. The Bertz CT molecular complexity index is 706. The number of anilines is 2.